The number of fused-ring (bicyclic) bond motifs is 2. The van der Waals surface area contributed by atoms with Crippen LogP contribution in [0.25, 0.3) is 21.5 Å². The maximum absolute atomic E-state index is 7.57. The molecule has 2 radical (unpaired) electrons. The van der Waals surface area contributed by atoms with Crippen molar-refractivity contribution in [1.29, 1.82) is 0 Å². The van der Waals surface area contributed by atoms with Crippen molar-refractivity contribution in [3.63, 3.8) is 0 Å². The second kappa shape index (κ2) is 18.1. The van der Waals surface area contributed by atoms with Crippen LogP contribution in [0.15, 0.2) is 72.8 Å². The number of aliphatic hydroxyl groups is 1. The molecule has 0 aromatic heterocycles. The van der Waals surface area contributed by atoms with Crippen molar-refractivity contribution in [2.24, 2.45) is 0 Å². The third-order valence-corrected chi connectivity index (χ3v) is 3.52. The Balaban J connectivity index is -0.000000335. The summed E-state index contributed by atoms with van der Waals surface area (Å²) < 4.78 is 0. The van der Waals surface area contributed by atoms with E-state index in [1.54, 1.807) is 6.92 Å². The molecular formula is C24H31ClOSiZr-4. The molecule has 0 unspecified atom stereocenters. The van der Waals surface area contributed by atoms with Gasteiger partial charge in [0.25, 0.3) is 0 Å². The Bertz CT molecular complexity index is 744. The van der Waals surface area contributed by atoms with E-state index in [9.17, 15) is 0 Å². The van der Waals surface area contributed by atoms with E-state index in [0.717, 1.165) is 0 Å². The molecule has 1 nitrogen and oxygen atoms in total. The van der Waals surface area contributed by atoms with Crippen molar-refractivity contribution in [3.8, 4) is 0 Å². The number of aliphatic hydroxyl groups excluding tert-OH is 1. The van der Waals surface area contributed by atoms with Crippen molar-refractivity contribution in [1.82, 2.24) is 0 Å². The molecular weight excluding hydrogens is 459 g/mol. The van der Waals surface area contributed by atoms with Crippen LogP contribution in [0.5, 0.6) is 0 Å². The third kappa shape index (κ3) is 10.5. The fourth-order valence-electron chi connectivity index (χ4n) is 2.61. The Hall–Kier alpha value is -0.990. The second-order valence-electron chi connectivity index (χ2n) is 5.64. The van der Waals surface area contributed by atoms with Gasteiger partial charge in [-0.05, 0) is 6.92 Å². The summed E-state index contributed by atoms with van der Waals surface area (Å²) >= 11 is 1.36. The van der Waals surface area contributed by atoms with Crippen LogP contribution in [0.2, 0.25) is 0 Å². The van der Waals surface area contributed by atoms with Crippen LogP contribution in [0.4, 0.5) is 0 Å². The zero-order valence-corrected chi connectivity index (χ0v) is 21.8. The van der Waals surface area contributed by atoms with Crippen molar-refractivity contribution >= 4 is 40.8 Å². The first kappa shape index (κ1) is 31.7. The second-order valence-corrected chi connectivity index (χ2v) is 5.64. The minimum absolute atomic E-state index is 0. The Morgan fingerprint density at radius 2 is 1.07 bits per heavy atom. The Morgan fingerprint density at radius 3 is 1.36 bits per heavy atom. The molecule has 28 heavy (non-hydrogen) atoms. The summed E-state index contributed by atoms with van der Waals surface area (Å²) in [5.74, 6) is 0. The van der Waals surface area contributed by atoms with E-state index in [4.69, 9.17) is 5.11 Å². The summed E-state index contributed by atoms with van der Waals surface area (Å²) in [6.07, 6.45) is 0. The first-order chi connectivity index (χ1) is 12.1. The van der Waals surface area contributed by atoms with Crippen LogP contribution in [0.3, 0.4) is 0 Å². The van der Waals surface area contributed by atoms with Crippen molar-refractivity contribution in [2.75, 3.05) is 6.61 Å². The zero-order valence-electron chi connectivity index (χ0n) is 17.5. The summed E-state index contributed by atoms with van der Waals surface area (Å²) in [7, 11) is 0. The molecule has 0 fully saturated rings. The predicted octanol–water partition coefficient (Wildman–Crippen LogP) is 6.67. The number of hydrogen-bond donors (Lipinski definition) is 1. The molecule has 4 heteroatoms. The van der Waals surface area contributed by atoms with Crippen molar-refractivity contribution in [3.05, 3.63) is 98.8 Å². The van der Waals surface area contributed by atoms with Gasteiger partial charge < -0.3 is 20.0 Å². The van der Waals surface area contributed by atoms with E-state index in [1.807, 2.05) is 0 Å². The van der Waals surface area contributed by atoms with Gasteiger partial charge in [0.05, 0.1) is 0 Å². The van der Waals surface area contributed by atoms with E-state index in [0.29, 0.717) is 0 Å². The molecule has 0 aliphatic rings. The third-order valence-electron chi connectivity index (χ3n) is 3.52. The van der Waals surface area contributed by atoms with Gasteiger partial charge in [0.1, 0.15) is 0 Å². The van der Waals surface area contributed by atoms with Gasteiger partial charge >= 0.3 is 30.2 Å². The standard InChI is InChI=1S/2C10H9.C2H6O.2CH3.ClH.Si.Zr/c2*1-8-6-9-4-2-3-5-10(9)7-8;1-2-3;;;;;/h2*2-7H,1H3;3H,2H2,1H3;2*1H3;1H;;/q2*-1;;2*-1;;;. The predicted molar refractivity (Wildman–Crippen MR) is 127 cm³/mol. The molecule has 0 saturated heterocycles. The van der Waals surface area contributed by atoms with Crippen molar-refractivity contribution < 1.29 is 28.4 Å². The first-order valence-electron chi connectivity index (χ1n) is 8.24. The van der Waals surface area contributed by atoms with Crippen LogP contribution in [-0.2, 0) is 23.3 Å². The van der Waals surface area contributed by atoms with Gasteiger partial charge in [-0.25, -0.2) is 0 Å². The molecule has 0 saturated carbocycles. The molecule has 0 amide bonds. The average Bonchev–Trinajstić information content (AvgIpc) is 3.18. The summed E-state index contributed by atoms with van der Waals surface area (Å²) in [6.45, 7) is 9.24. The summed E-state index contributed by atoms with van der Waals surface area (Å²) in [4.78, 5) is 0. The Kier molecular flexibility index (Phi) is 20.5. The average molecular weight is 490 g/mol. The Labute approximate surface area is 194 Å². The molecule has 1 N–H and O–H groups in total. The summed E-state index contributed by atoms with van der Waals surface area (Å²) in [6, 6.07) is 25.7. The molecule has 152 valence electrons. The van der Waals surface area contributed by atoms with E-state index < -0.39 is 0 Å². The zero-order chi connectivity index (χ0) is 18.7. The normalized spacial score (nSPS) is 8.25. The number of benzene rings is 2. The number of rotatable bonds is 0. The fraction of sp³-hybridized carbons (Fsp3) is 0.167. The molecule has 4 rings (SSSR count). The number of halogens is 1. The minimum atomic E-state index is 0. The van der Waals surface area contributed by atoms with Gasteiger partial charge in [-0.15, -0.1) is 93.6 Å². The summed E-state index contributed by atoms with van der Waals surface area (Å²) in [5, 5.41) is 13.0. The molecule has 0 aliphatic heterocycles. The summed E-state index contributed by atoms with van der Waals surface area (Å²) in [5.41, 5.74) is 2.70. The Morgan fingerprint density at radius 1 is 0.786 bits per heavy atom. The fourth-order valence-corrected chi connectivity index (χ4v) is 2.61. The van der Waals surface area contributed by atoms with Gasteiger partial charge in [0.15, 0.2) is 0 Å². The quantitative estimate of drug-likeness (QED) is 0.216. The first-order valence-corrected chi connectivity index (χ1v) is 12.4. The van der Waals surface area contributed by atoms with E-state index in [-0.39, 0.29) is 33.9 Å². The molecule has 0 heterocycles. The van der Waals surface area contributed by atoms with Crippen LogP contribution in [-0.4, -0.2) is 18.6 Å². The molecule has 0 atom stereocenters. The van der Waals surface area contributed by atoms with E-state index >= 15 is 0 Å². The van der Waals surface area contributed by atoms with Gasteiger partial charge in [0, 0.05) is 6.61 Å². The van der Waals surface area contributed by atoms with Crippen LogP contribution in [0, 0.1) is 28.7 Å². The number of aryl methyl sites for hydroxylation is 2. The monoisotopic (exact) mass is 488 g/mol. The van der Waals surface area contributed by atoms with Crippen molar-refractivity contribution in [2.45, 2.75) is 20.8 Å². The van der Waals surface area contributed by atoms with Gasteiger partial charge in [0.2, 0.25) is 0 Å². The van der Waals surface area contributed by atoms with Gasteiger partial charge in [-0.3, -0.25) is 0 Å². The molecule has 0 bridgehead atoms. The molecule has 4 aromatic carbocycles. The topological polar surface area (TPSA) is 20.2 Å². The van der Waals surface area contributed by atoms with Crippen LogP contribution in [0.1, 0.15) is 18.1 Å². The molecule has 0 aliphatic carbocycles. The van der Waals surface area contributed by atoms with Gasteiger partial charge in [-0.2, -0.15) is 12.1 Å². The molecule has 0 spiro atoms. The van der Waals surface area contributed by atoms with E-state index in [2.05, 4.69) is 93.5 Å². The SMILES string of the molecule is CCO.Cc1cc2ccccc2[cH-]1.Cc1cc2ccccc2[cH-]1.Cl.[CH3-].[CH3-].[Si]=[Zr]. The maximum atomic E-state index is 7.57. The van der Waals surface area contributed by atoms with Crippen LogP contribution < -0.4 is 0 Å². The molecule has 4 aromatic rings. The van der Waals surface area contributed by atoms with E-state index in [1.165, 1.54) is 56.0 Å². The van der Waals surface area contributed by atoms with Gasteiger partial charge in [-0.1, -0.05) is 26.0 Å². The number of hydrogen-bond acceptors (Lipinski definition) is 1. The van der Waals surface area contributed by atoms with Crippen LogP contribution >= 0.6 is 12.4 Å².